The molecule has 5 aromatic rings. The number of likely N-dealkylation sites (tertiary alicyclic amines) is 1. The van der Waals surface area contributed by atoms with Crippen molar-refractivity contribution < 1.29 is 14.3 Å². The van der Waals surface area contributed by atoms with Gasteiger partial charge in [0.1, 0.15) is 23.2 Å². The highest BCUT2D eigenvalue weighted by Gasteiger charge is 2.35. The van der Waals surface area contributed by atoms with E-state index in [1.807, 2.05) is 30.3 Å². The van der Waals surface area contributed by atoms with E-state index >= 15 is 0 Å². The molecular weight excluding hydrogens is 463 g/mol. The zero-order valence-corrected chi connectivity index (χ0v) is 19.3. The summed E-state index contributed by atoms with van der Waals surface area (Å²) >= 11 is 0. The van der Waals surface area contributed by atoms with E-state index < -0.39 is 5.60 Å². The van der Waals surface area contributed by atoms with Gasteiger partial charge in [-0.15, -0.1) is 0 Å². The summed E-state index contributed by atoms with van der Waals surface area (Å²) in [5, 5.41) is 16.7. The van der Waals surface area contributed by atoms with Crippen molar-refractivity contribution in [1.29, 1.82) is 0 Å². The second kappa shape index (κ2) is 8.42. The van der Waals surface area contributed by atoms with Crippen molar-refractivity contribution in [2.24, 2.45) is 0 Å². The maximum absolute atomic E-state index is 13.3. The minimum absolute atomic E-state index is 0.0604. The van der Waals surface area contributed by atoms with Crippen LogP contribution in [-0.4, -0.2) is 58.9 Å². The van der Waals surface area contributed by atoms with E-state index in [0.29, 0.717) is 48.3 Å². The van der Waals surface area contributed by atoms with Crippen LogP contribution in [0.3, 0.4) is 0 Å². The number of fused-ring (bicyclic) bond motifs is 2. The summed E-state index contributed by atoms with van der Waals surface area (Å²) in [6.45, 7) is 0.806. The normalized spacial score (nSPS) is 15.6. The molecule has 182 valence electrons. The number of para-hydroxylation sites is 1. The Morgan fingerprint density at radius 3 is 2.61 bits per heavy atom. The number of amides is 1. The molecule has 36 heavy (non-hydrogen) atoms. The molecule has 1 amide bonds. The molecule has 1 saturated heterocycles. The number of piperidine rings is 1. The molecule has 1 aliphatic rings. The molecule has 0 unspecified atom stereocenters. The highest BCUT2D eigenvalue weighted by atomic mass is 19.1. The van der Waals surface area contributed by atoms with Gasteiger partial charge in [0.15, 0.2) is 5.65 Å². The summed E-state index contributed by atoms with van der Waals surface area (Å²) in [5.74, 6) is -0.477. The van der Waals surface area contributed by atoms with Crippen LogP contribution in [-0.2, 0) is 6.54 Å². The van der Waals surface area contributed by atoms with E-state index in [2.05, 4.69) is 15.1 Å². The van der Waals surface area contributed by atoms with E-state index in [1.54, 1.807) is 17.0 Å². The highest BCUT2D eigenvalue weighted by molar-refractivity contribution is 5.98. The van der Waals surface area contributed by atoms with Gasteiger partial charge < -0.3 is 15.0 Å². The number of nitrogens with zero attached hydrogens (tertiary/aromatic N) is 5. The van der Waals surface area contributed by atoms with Gasteiger partial charge in [-0.1, -0.05) is 18.2 Å². The van der Waals surface area contributed by atoms with Crippen molar-refractivity contribution in [3.8, 4) is 5.69 Å². The molecule has 3 aromatic heterocycles. The van der Waals surface area contributed by atoms with Crippen molar-refractivity contribution in [2.45, 2.75) is 25.0 Å². The first-order valence-electron chi connectivity index (χ1n) is 11.7. The van der Waals surface area contributed by atoms with E-state index in [-0.39, 0.29) is 23.8 Å². The fourth-order valence-corrected chi connectivity index (χ4v) is 4.79. The smallest absolute Gasteiger partial charge is 0.270 e. The number of aromatic amines is 1. The van der Waals surface area contributed by atoms with Crippen LogP contribution in [0.5, 0.6) is 0 Å². The van der Waals surface area contributed by atoms with E-state index in [9.17, 15) is 19.1 Å². The fraction of sp³-hybridized carbons (Fsp3) is 0.231. The molecule has 0 bridgehead atoms. The van der Waals surface area contributed by atoms with Crippen molar-refractivity contribution in [3.05, 3.63) is 89.0 Å². The van der Waals surface area contributed by atoms with Crippen molar-refractivity contribution in [3.63, 3.8) is 0 Å². The Morgan fingerprint density at radius 1 is 1.11 bits per heavy atom. The summed E-state index contributed by atoms with van der Waals surface area (Å²) in [7, 11) is 0. The second-order valence-corrected chi connectivity index (χ2v) is 9.23. The molecule has 1 fully saturated rings. The van der Waals surface area contributed by atoms with E-state index in [1.165, 1.54) is 33.9 Å². The SMILES string of the molecule is O=C(c1cc2ccccc2[nH]1)N1CCC(O)(Cn2cnc3c(cnn3-c3ccc(F)cc3)c2=O)CC1. The maximum Gasteiger partial charge on any atom is 0.270 e. The Morgan fingerprint density at radius 2 is 1.86 bits per heavy atom. The van der Waals surface area contributed by atoms with E-state index in [4.69, 9.17) is 0 Å². The Labute approximate surface area is 204 Å². The molecule has 0 spiro atoms. The first-order valence-corrected chi connectivity index (χ1v) is 11.7. The molecule has 0 atom stereocenters. The number of hydrogen-bond donors (Lipinski definition) is 2. The van der Waals surface area contributed by atoms with Gasteiger partial charge in [0.25, 0.3) is 11.5 Å². The number of H-pyrrole nitrogens is 1. The van der Waals surface area contributed by atoms with Gasteiger partial charge in [-0.2, -0.15) is 5.10 Å². The van der Waals surface area contributed by atoms with E-state index in [0.717, 1.165) is 10.9 Å². The molecule has 2 aromatic carbocycles. The maximum atomic E-state index is 13.3. The summed E-state index contributed by atoms with van der Waals surface area (Å²) in [6.07, 6.45) is 3.49. The molecule has 1 aliphatic heterocycles. The van der Waals surface area contributed by atoms with Gasteiger partial charge in [-0.3, -0.25) is 14.2 Å². The summed E-state index contributed by atoms with van der Waals surface area (Å²) < 4.78 is 16.1. The monoisotopic (exact) mass is 486 g/mol. The lowest BCUT2D eigenvalue weighted by molar-refractivity contribution is -0.0300. The van der Waals surface area contributed by atoms with Crippen LogP contribution < -0.4 is 5.56 Å². The van der Waals surface area contributed by atoms with Gasteiger partial charge in [0.05, 0.1) is 24.0 Å². The molecule has 4 heterocycles. The first kappa shape index (κ1) is 22.2. The number of halogens is 1. The van der Waals surface area contributed by atoms with Crippen molar-refractivity contribution in [1.82, 2.24) is 29.2 Å². The number of aromatic nitrogens is 5. The topological polar surface area (TPSA) is 109 Å². The Hall–Kier alpha value is -4.31. The predicted molar refractivity (Wildman–Crippen MR) is 131 cm³/mol. The zero-order chi connectivity index (χ0) is 24.9. The van der Waals surface area contributed by atoms with Crippen LogP contribution in [0.4, 0.5) is 4.39 Å². The third kappa shape index (κ3) is 3.85. The molecule has 0 aliphatic carbocycles. The van der Waals surface area contributed by atoms with Crippen molar-refractivity contribution >= 4 is 27.8 Å². The lowest BCUT2D eigenvalue weighted by atomic mass is 9.91. The third-order valence-corrected chi connectivity index (χ3v) is 6.83. The summed E-state index contributed by atoms with van der Waals surface area (Å²) in [5.41, 5.74) is 0.891. The van der Waals surface area contributed by atoms with Crippen LogP contribution in [0.25, 0.3) is 27.6 Å². The summed E-state index contributed by atoms with van der Waals surface area (Å²) in [4.78, 5) is 35.4. The lowest BCUT2D eigenvalue weighted by Crippen LogP contribution is -2.49. The molecule has 2 N–H and O–H groups in total. The average Bonchev–Trinajstić information content (AvgIpc) is 3.51. The molecule has 6 rings (SSSR count). The Balaban J connectivity index is 1.18. The largest absolute Gasteiger partial charge is 0.388 e. The standard InChI is InChI=1S/C26H23FN6O3/c27-18-5-7-19(8-6-18)33-23-20(14-29-33)24(34)32(16-28-23)15-26(36)9-11-31(12-10-26)25(35)22-13-17-3-1-2-4-21(17)30-22/h1-8,13-14,16,30,36H,9-12,15H2. The van der Waals surface area contributed by atoms with Crippen LogP contribution in [0.2, 0.25) is 0 Å². The number of rotatable bonds is 4. The van der Waals surface area contributed by atoms with Crippen molar-refractivity contribution in [2.75, 3.05) is 13.1 Å². The average molecular weight is 487 g/mol. The predicted octanol–water partition coefficient (Wildman–Crippen LogP) is 2.87. The minimum Gasteiger partial charge on any atom is -0.388 e. The van der Waals surface area contributed by atoms with Gasteiger partial charge in [0.2, 0.25) is 0 Å². The van der Waals surface area contributed by atoms with Crippen LogP contribution in [0.1, 0.15) is 23.3 Å². The van der Waals surface area contributed by atoms with Gasteiger partial charge >= 0.3 is 0 Å². The summed E-state index contributed by atoms with van der Waals surface area (Å²) in [6, 6.07) is 15.3. The third-order valence-electron chi connectivity index (χ3n) is 6.83. The minimum atomic E-state index is -1.15. The van der Waals surface area contributed by atoms with Crippen LogP contribution in [0.15, 0.2) is 71.9 Å². The molecule has 0 radical (unpaired) electrons. The first-order chi connectivity index (χ1) is 17.4. The Kier molecular flexibility index (Phi) is 5.18. The Bertz CT molecular complexity index is 1610. The number of benzene rings is 2. The van der Waals surface area contributed by atoms with Crippen LogP contribution >= 0.6 is 0 Å². The van der Waals surface area contributed by atoms with Crippen LogP contribution in [0, 0.1) is 5.82 Å². The lowest BCUT2D eigenvalue weighted by Gasteiger charge is -2.38. The zero-order valence-electron chi connectivity index (χ0n) is 19.3. The molecule has 9 nitrogen and oxygen atoms in total. The number of aliphatic hydroxyl groups is 1. The molecule has 0 saturated carbocycles. The fourth-order valence-electron chi connectivity index (χ4n) is 4.79. The quantitative estimate of drug-likeness (QED) is 0.406. The highest BCUT2D eigenvalue weighted by Crippen LogP contribution is 2.26. The number of hydrogen-bond acceptors (Lipinski definition) is 5. The number of nitrogens with one attached hydrogen (secondary N) is 1. The van der Waals surface area contributed by atoms with Gasteiger partial charge in [-0.05, 0) is 49.2 Å². The number of carbonyl (C=O) groups is 1. The number of carbonyl (C=O) groups excluding carboxylic acids is 1. The second-order valence-electron chi connectivity index (χ2n) is 9.23. The molecular formula is C26H23FN6O3. The molecule has 10 heteroatoms. The van der Waals surface area contributed by atoms with Gasteiger partial charge in [-0.25, -0.2) is 14.1 Å². The van der Waals surface area contributed by atoms with Gasteiger partial charge in [0, 0.05) is 24.0 Å².